The molecule has 2 aliphatic rings. The Kier molecular flexibility index (Phi) is 4.32. The van der Waals surface area contributed by atoms with Crippen molar-refractivity contribution < 1.29 is 8.42 Å². The van der Waals surface area contributed by atoms with Crippen LogP contribution in [-0.2, 0) is 22.9 Å². The van der Waals surface area contributed by atoms with Crippen LogP contribution in [0.3, 0.4) is 0 Å². The molecule has 3 N–H and O–H groups in total. The molecule has 2 aliphatic carbocycles. The van der Waals surface area contributed by atoms with Gasteiger partial charge in [-0.2, -0.15) is 0 Å². The highest BCUT2D eigenvalue weighted by Crippen LogP contribution is 2.34. The lowest BCUT2D eigenvalue weighted by Gasteiger charge is -2.42. The highest BCUT2D eigenvalue weighted by Gasteiger charge is 2.40. The summed E-state index contributed by atoms with van der Waals surface area (Å²) in [6.07, 6.45) is 7.22. The summed E-state index contributed by atoms with van der Waals surface area (Å²) in [5.41, 5.74) is 7.96. The third kappa shape index (κ3) is 2.82. The Morgan fingerprint density at radius 1 is 1.23 bits per heavy atom. The van der Waals surface area contributed by atoms with E-state index in [1.165, 1.54) is 11.1 Å². The van der Waals surface area contributed by atoms with E-state index in [9.17, 15) is 8.42 Å². The Bertz CT molecular complexity index is 657. The quantitative estimate of drug-likeness (QED) is 0.894. The summed E-state index contributed by atoms with van der Waals surface area (Å²) in [4.78, 5) is 0.388. The number of aryl methyl sites for hydroxylation is 2. The molecule has 0 heterocycles. The molecule has 1 aromatic carbocycles. The van der Waals surface area contributed by atoms with Crippen molar-refractivity contribution in [2.75, 3.05) is 6.54 Å². The van der Waals surface area contributed by atoms with Crippen molar-refractivity contribution in [2.24, 2.45) is 11.7 Å². The molecule has 0 saturated heterocycles. The first kappa shape index (κ1) is 16.0. The summed E-state index contributed by atoms with van der Waals surface area (Å²) >= 11 is 0. The average Bonchev–Trinajstić information content (AvgIpc) is 2.97. The Morgan fingerprint density at radius 3 is 2.73 bits per heavy atom. The third-order valence-corrected chi connectivity index (χ3v) is 7.09. The van der Waals surface area contributed by atoms with Crippen LogP contribution in [0.15, 0.2) is 23.1 Å². The minimum absolute atomic E-state index is 0.274. The van der Waals surface area contributed by atoms with Crippen molar-refractivity contribution in [2.45, 2.75) is 62.3 Å². The standard InChI is InChI=1S/C17H26N2O2S/c1-13-5-2-3-10-17(13,12-18)19-22(20,21)16-9-8-14-6-4-7-15(14)11-16/h8-9,11,13,19H,2-7,10,12,18H2,1H3. The average molecular weight is 322 g/mol. The van der Waals surface area contributed by atoms with Gasteiger partial charge < -0.3 is 5.73 Å². The maximum absolute atomic E-state index is 12.8. The molecule has 3 rings (SSSR count). The zero-order valence-corrected chi connectivity index (χ0v) is 14.1. The highest BCUT2D eigenvalue weighted by molar-refractivity contribution is 7.89. The molecule has 2 atom stereocenters. The van der Waals surface area contributed by atoms with E-state index in [0.29, 0.717) is 11.4 Å². The maximum Gasteiger partial charge on any atom is 0.241 e. The van der Waals surface area contributed by atoms with Gasteiger partial charge in [-0.3, -0.25) is 0 Å². The van der Waals surface area contributed by atoms with Gasteiger partial charge in [0, 0.05) is 12.1 Å². The maximum atomic E-state index is 12.8. The Labute approximate surface area is 133 Å². The molecule has 5 heteroatoms. The molecule has 1 saturated carbocycles. The Balaban J connectivity index is 1.89. The van der Waals surface area contributed by atoms with Crippen LogP contribution in [0.2, 0.25) is 0 Å². The predicted octanol–water partition coefficient (Wildman–Crippen LogP) is 2.36. The van der Waals surface area contributed by atoms with Crippen molar-refractivity contribution in [3.63, 3.8) is 0 Å². The molecule has 1 aromatic rings. The summed E-state index contributed by atoms with van der Waals surface area (Å²) in [6.45, 7) is 2.47. The molecule has 1 fully saturated rings. The number of hydrogen-bond acceptors (Lipinski definition) is 3. The van der Waals surface area contributed by atoms with E-state index in [1.54, 1.807) is 6.07 Å². The third-order valence-electron chi connectivity index (χ3n) is 5.54. The minimum atomic E-state index is -3.51. The summed E-state index contributed by atoms with van der Waals surface area (Å²) in [5, 5.41) is 0. The fourth-order valence-electron chi connectivity index (χ4n) is 3.95. The van der Waals surface area contributed by atoms with Crippen LogP contribution in [0.4, 0.5) is 0 Å². The fraction of sp³-hybridized carbons (Fsp3) is 0.647. The second-order valence-corrected chi connectivity index (χ2v) is 8.58. The first-order valence-corrected chi connectivity index (χ1v) is 9.81. The van der Waals surface area contributed by atoms with E-state index in [4.69, 9.17) is 5.73 Å². The molecule has 0 aromatic heterocycles. The normalized spacial score (nSPS) is 28.5. The monoisotopic (exact) mass is 322 g/mol. The number of rotatable bonds is 4. The molecule has 0 bridgehead atoms. The molecule has 0 radical (unpaired) electrons. The molecule has 0 amide bonds. The lowest BCUT2D eigenvalue weighted by molar-refractivity contribution is 0.191. The molecule has 0 aliphatic heterocycles. The van der Waals surface area contributed by atoms with Crippen LogP contribution in [0.25, 0.3) is 0 Å². The topological polar surface area (TPSA) is 72.2 Å². The minimum Gasteiger partial charge on any atom is -0.329 e. The molecule has 4 nitrogen and oxygen atoms in total. The SMILES string of the molecule is CC1CCCCC1(CN)NS(=O)(=O)c1ccc2c(c1)CCC2. The van der Waals surface area contributed by atoms with Crippen LogP contribution < -0.4 is 10.5 Å². The first-order chi connectivity index (χ1) is 10.5. The van der Waals surface area contributed by atoms with Crippen LogP contribution in [-0.4, -0.2) is 20.5 Å². The number of sulfonamides is 1. The van der Waals surface area contributed by atoms with Crippen molar-refractivity contribution in [3.05, 3.63) is 29.3 Å². The Hall–Kier alpha value is -0.910. The summed E-state index contributed by atoms with van der Waals surface area (Å²) in [5.74, 6) is 0.274. The van der Waals surface area contributed by atoms with E-state index in [2.05, 4.69) is 11.6 Å². The number of hydrogen-bond donors (Lipinski definition) is 2. The summed E-state index contributed by atoms with van der Waals surface area (Å²) < 4.78 is 28.6. The van der Waals surface area contributed by atoms with Gasteiger partial charge in [-0.15, -0.1) is 0 Å². The fourth-order valence-corrected chi connectivity index (χ4v) is 5.54. The van der Waals surface area contributed by atoms with E-state index in [1.807, 2.05) is 12.1 Å². The Morgan fingerprint density at radius 2 is 2.00 bits per heavy atom. The molecular formula is C17H26N2O2S. The number of benzene rings is 1. The first-order valence-electron chi connectivity index (χ1n) is 8.33. The van der Waals surface area contributed by atoms with Gasteiger partial charge >= 0.3 is 0 Å². The smallest absolute Gasteiger partial charge is 0.241 e. The van der Waals surface area contributed by atoms with Crippen molar-refractivity contribution in [1.82, 2.24) is 4.72 Å². The molecule has 122 valence electrons. The van der Waals surface area contributed by atoms with E-state index < -0.39 is 15.6 Å². The van der Waals surface area contributed by atoms with Gasteiger partial charge in [-0.25, -0.2) is 13.1 Å². The zero-order valence-electron chi connectivity index (χ0n) is 13.3. The molecule has 2 unspecified atom stereocenters. The van der Waals surface area contributed by atoms with Gasteiger partial charge in [-0.05, 0) is 61.3 Å². The lowest BCUT2D eigenvalue weighted by Crippen LogP contribution is -2.58. The van der Waals surface area contributed by atoms with E-state index >= 15 is 0 Å². The van der Waals surface area contributed by atoms with Gasteiger partial charge in [0.2, 0.25) is 10.0 Å². The van der Waals surface area contributed by atoms with Crippen LogP contribution in [0.5, 0.6) is 0 Å². The molecule has 22 heavy (non-hydrogen) atoms. The zero-order chi connectivity index (χ0) is 15.8. The number of fused-ring (bicyclic) bond motifs is 1. The second-order valence-electron chi connectivity index (χ2n) is 6.90. The van der Waals surface area contributed by atoms with Crippen LogP contribution in [0.1, 0.15) is 50.2 Å². The summed E-state index contributed by atoms with van der Waals surface area (Å²) in [7, 11) is -3.51. The van der Waals surface area contributed by atoms with Gasteiger partial charge in [0.25, 0.3) is 0 Å². The highest BCUT2D eigenvalue weighted by atomic mass is 32.2. The largest absolute Gasteiger partial charge is 0.329 e. The number of nitrogens with one attached hydrogen (secondary N) is 1. The molecule has 0 spiro atoms. The van der Waals surface area contributed by atoms with Crippen LogP contribution in [0, 0.1) is 5.92 Å². The second kappa shape index (κ2) is 5.95. The van der Waals surface area contributed by atoms with Crippen molar-refractivity contribution >= 4 is 10.0 Å². The van der Waals surface area contributed by atoms with Crippen molar-refractivity contribution in [3.8, 4) is 0 Å². The van der Waals surface area contributed by atoms with Gasteiger partial charge in [-0.1, -0.05) is 25.8 Å². The predicted molar refractivity (Wildman–Crippen MR) is 88.2 cm³/mol. The summed E-state index contributed by atoms with van der Waals surface area (Å²) in [6, 6.07) is 5.56. The molecular weight excluding hydrogens is 296 g/mol. The van der Waals surface area contributed by atoms with Gasteiger partial charge in [0.1, 0.15) is 0 Å². The lowest BCUT2D eigenvalue weighted by atomic mass is 9.74. The van der Waals surface area contributed by atoms with E-state index in [-0.39, 0.29) is 5.92 Å². The van der Waals surface area contributed by atoms with Gasteiger partial charge in [0.05, 0.1) is 4.90 Å². The van der Waals surface area contributed by atoms with Crippen molar-refractivity contribution in [1.29, 1.82) is 0 Å². The van der Waals surface area contributed by atoms with E-state index in [0.717, 1.165) is 44.9 Å². The number of nitrogens with two attached hydrogens (primary N) is 1. The van der Waals surface area contributed by atoms with Crippen LogP contribution >= 0.6 is 0 Å². The van der Waals surface area contributed by atoms with Gasteiger partial charge in [0.15, 0.2) is 0 Å².